The van der Waals surface area contributed by atoms with Crippen LogP contribution in [0.4, 0.5) is 13.2 Å². The molecule has 16 heavy (non-hydrogen) atoms. The molecule has 0 amide bonds. The lowest BCUT2D eigenvalue weighted by Gasteiger charge is -2.15. The van der Waals surface area contributed by atoms with E-state index in [-0.39, 0.29) is 0 Å². The fraction of sp³-hybridized carbons (Fsp3) is 0.500. The van der Waals surface area contributed by atoms with Gasteiger partial charge in [0.1, 0.15) is 0 Å². The van der Waals surface area contributed by atoms with Gasteiger partial charge in [-0.3, -0.25) is 0 Å². The third-order valence-corrected chi connectivity index (χ3v) is 2.94. The highest BCUT2D eigenvalue weighted by atomic mass is 19.4. The normalized spacial score (nSPS) is 21.4. The Balaban J connectivity index is 2.47. The Kier molecular flexibility index (Phi) is 2.93. The molecule has 0 aliphatic carbocycles. The van der Waals surface area contributed by atoms with E-state index < -0.39 is 11.7 Å². The van der Waals surface area contributed by atoms with Crippen LogP contribution in [-0.2, 0) is 19.1 Å². The molecule has 1 aliphatic heterocycles. The van der Waals surface area contributed by atoms with Crippen molar-refractivity contribution in [1.82, 2.24) is 5.32 Å². The third kappa shape index (κ3) is 2.21. The number of benzene rings is 1. The average Bonchev–Trinajstić information content (AvgIpc) is 2.35. The second-order valence-corrected chi connectivity index (χ2v) is 4.38. The van der Waals surface area contributed by atoms with Gasteiger partial charge in [0.25, 0.3) is 0 Å². The molecule has 1 heterocycles. The van der Waals surface area contributed by atoms with Crippen LogP contribution in [0.25, 0.3) is 0 Å². The molecule has 1 aromatic carbocycles. The molecule has 1 aliphatic rings. The zero-order chi connectivity index (χ0) is 11.8. The zero-order valence-corrected chi connectivity index (χ0v) is 9.06. The number of hydrogen-bond acceptors (Lipinski definition) is 1. The van der Waals surface area contributed by atoms with Crippen molar-refractivity contribution < 1.29 is 13.2 Å². The van der Waals surface area contributed by atoms with E-state index in [4.69, 9.17) is 0 Å². The average molecular weight is 229 g/mol. The molecule has 1 atom stereocenters. The van der Waals surface area contributed by atoms with Crippen molar-refractivity contribution in [3.63, 3.8) is 0 Å². The van der Waals surface area contributed by atoms with Crippen molar-refractivity contribution >= 4 is 0 Å². The lowest BCUT2D eigenvalue weighted by atomic mass is 9.95. The Morgan fingerprint density at radius 1 is 1.31 bits per heavy atom. The quantitative estimate of drug-likeness (QED) is 0.721. The molecule has 0 saturated heterocycles. The van der Waals surface area contributed by atoms with Gasteiger partial charge in [0.05, 0.1) is 5.56 Å². The fourth-order valence-corrected chi connectivity index (χ4v) is 2.19. The van der Waals surface area contributed by atoms with Gasteiger partial charge >= 0.3 is 6.18 Å². The summed E-state index contributed by atoms with van der Waals surface area (Å²) in [6.45, 7) is 3.13. The summed E-state index contributed by atoms with van der Waals surface area (Å²) in [5.74, 6) is 0.379. The van der Waals surface area contributed by atoms with Crippen molar-refractivity contribution in [2.45, 2.75) is 26.1 Å². The topological polar surface area (TPSA) is 12.0 Å². The van der Waals surface area contributed by atoms with E-state index in [0.29, 0.717) is 24.4 Å². The second kappa shape index (κ2) is 4.09. The summed E-state index contributed by atoms with van der Waals surface area (Å²) in [7, 11) is 0. The number of nitrogens with one attached hydrogen (secondary N) is 1. The van der Waals surface area contributed by atoms with Crippen molar-refractivity contribution in [1.29, 1.82) is 0 Å². The molecule has 88 valence electrons. The minimum atomic E-state index is -4.25. The number of hydrogen-bond donors (Lipinski definition) is 1. The Bertz CT molecular complexity index is 384. The molecule has 0 saturated carbocycles. The molecule has 0 bridgehead atoms. The van der Waals surface area contributed by atoms with E-state index in [0.717, 1.165) is 18.2 Å². The van der Waals surface area contributed by atoms with Gasteiger partial charge in [0.15, 0.2) is 0 Å². The molecule has 0 aromatic heterocycles. The Hall–Kier alpha value is -1.03. The maximum absolute atomic E-state index is 12.8. The number of alkyl halides is 3. The summed E-state index contributed by atoms with van der Waals surface area (Å²) in [5.41, 5.74) is 0.748. The van der Waals surface area contributed by atoms with E-state index >= 15 is 0 Å². The summed E-state index contributed by atoms with van der Waals surface area (Å²) in [4.78, 5) is 0. The van der Waals surface area contributed by atoms with Crippen LogP contribution in [0.15, 0.2) is 18.2 Å². The first-order valence-electron chi connectivity index (χ1n) is 5.37. The van der Waals surface area contributed by atoms with Gasteiger partial charge in [-0.1, -0.05) is 19.1 Å². The zero-order valence-electron chi connectivity index (χ0n) is 9.06. The van der Waals surface area contributed by atoms with Crippen LogP contribution in [0.1, 0.15) is 23.6 Å². The molecular formula is C12H14F3N. The summed E-state index contributed by atoms with van der Waals surface area (Å²) < 4.78 is 38.3. The number of fused-ring (bicyclic) bond motifs is 1. The molecule has 0 unspecified atom stereocenters. The summed E-state index contributed by atoms with van der Waals surface area (Å²) in [5, 5.41) is 3.07. The first-order valence-corrected chi connectivity index (χ1v) is 5.37. The van der Waals surface area contributed by atoms with Crippen molar-refractivity contribution in [3.8, 4) is 0 Å². The minimum Gasteiger partial charge on any atom is -0.312 e. The predicted molar refractivity (Wildman–Crippen MR) is 56.0 cm³/mol. The van der Waals surface area contributed by atoms with E-state index in [1.165, 1.54) is 6.07 Å². The van der Waals surface area contributed by atoms with Gasteiger partial charge in [0, 0.05) is 6.54 Å². The van der Waals surface area contributed by atoms with Crippen LogP contribution in [-0.4, -0.2) is 6.54 Å². The largest absolute Gasteiger partial charge is 0.416 e. The standard InChI is InChI=1S/C12H14F3N/c1-8-5-9-3-2-4-11(12(13,14)15)10(9)7-16-6-8/h2-4,8,16H,5-7H2,1H3/t8-/m0/s1. The van der Waals surface area contributed by atoms with E-state index in [1.54, 1.807) is 6.07 Å². The lowest BCUT2D eigenvalue weighted by Crippen LogP contribution is -2.19. The molecule has 0 spiro atoms. The maximum Gasteiger partial charge on any atom is 0.416 e. The minimum absolute atomic E-state index is 0.315. The highest BCUT2D eigenvalue weighted by molar-refractivity contribution is 5.38. The second-order valence-electron chi connectivity index (χ2n) is 4.38. The molecule has 4 heteroatoms. The first-order chi connectivity index (χ1) is 7.48. The number of halogens is 3. The molecule has 0 fully saturated rings. The van der Waals surface area contributed by atoms with E-state index in [9.17, 15) is 13.2 Å². The van der Waals surface area contributed by atoms with Gasteiger partial charge in [-0.05, 0) is 36.1 Å². The van der Waals surface area contributed by atoms with Crippen LogP contribution in [0.2, 0.25) is 0 Å². The highest BCUT2D eigenvalue weighted by Crippen LogP contribution is 2.34. The van der Waals surface area contributed by atoms with Crippen LogP contribution in [0.3, 0.4) is 0 Å². The van der Waals surface area contributed by atoms with E-state index in [2.05, 4.69) is 5.32 Å². The smallest absolute Gasteiger partial charge is 0.312 e. The van der Waals surface area contributed by atoms with Crippen LogP contribution < -0.4 is 5.32 Å². The SMILES string of the molecule is C[C@@H]1CNCc2c(cccc2C(F)(F)F)C1. The monoisotopic (exact) mass is 229 g/mol. The maximum atomic E-state index is 12.8. The molecule has 2 rings (SSSR count). The van der Waals surface area contributed by atoms with Crippen LogP contribution in [0.5, 0.6) is 0 Å². The van der Waals surface area contributed by atoms with Gasteiger partial charge in [-0.2, -0.15) is 13.2 Å². The van der Waals surface area contributed by atoms with Gasteiger partial charge in [0.2, 0.25) is 0 Å². The van der Waals surface area contributed by atoms with Gasteiger partial charge < -0.3 is 5.32 Å². The molecule has 0 radical (unpaired) electrons. The summed E-state index contributed by atoms with van der Waals surface area (Å²) in [6, 6.07) is 4.46. The number of rotatable bonds is 0. The lowest BCUT2D eigenvalue weighted by molar-refractivity contribution is -0.138. The Morgan fingerprint density at radius 3 is 2.75 bits per heavy atom. The molecule has 1 N–H and O–H groups in total. The van der Waals surface area contributed by atoms with Crippen molar-refractivity contribution in [2.75, 3.05) is 6.54 Å². The predicted octanol–water partition coefficient (Wildman–Crippen LogP) is 2.99. The van der Waals surface area contributed by atoms with Crippen LogP contribution in [0, 0.1) is 5.92 Å². The van der Waals surface area contributed by atoms with Crippen molar-refractivity contribution in [2.24, 2.45) is 5.92 Å². The first kappa shape index (κ1) is 11.5. The van der Waals surface area contributed by atoms with Crippen molar-refractivity contribution in [3.05, 3.63) is 34.9 Å². The van der Waals surface area contributed by atoms with Gasteiger partial charge in [-0.25, -0.2) is 0 Å². The molecule has 1 nitrogen and oxygen atoms in total. The highest BCUT2D eigenvalue weighted by Gasteiger charge is 2.34. The Morgan fingerprint density at radius 2 is 2.06 bits per heavy atom. The van der Waals surface area contributed by atoms with Gasteiger partial charge in [-0.15, -0.1) is 0 Å². The summed E-state index contributed by atoms with van der Waals surface area (Å²) in [6.07, 6.45) is -3.53. The summed E-state index contributed by atoms with van der Waals surface area (Å²) >= 11 is 0. The molecular weight excluding hydrogens is 215 g/mol. The molecule has 1 aromatic rings. The third-order valence-electron chi connectivity index (χ3n) is 2.94. The van der Waals surface area contributed by atoms with Crippen LogP contribution >= 0.6 is 0 Å². The Labute approximate surface area is 92.7 Å². The van der Waals surface area contributed by atoms with E-state index in [1.807, 2.05) is 6.92 Å². The fourth-order valence-electron chi connectivity index (χ4n) is 2.19.